The third kappa shape index (κ3) is 7.28. The van der Waals surface area contributed by atoms with E-state index < -0.39 is 17.9 Å². The summed E-state index contributed by atoms with van der Waals surface area (Å²) in [5.74, 6) is -0.353. The fourth-order valence-electron chi connectivity index (χ4n) is 4.12. The molecule has 0 atom stereocenters. The van der Waals surface area contributed by atoms with Crippen LogP contribution in [0.3, 0.4) is 0 Å². The smallest absolute Gasteiger partial charge is 0.382 e. The number of unbranched alkanes of at least 4 members (excludes halogenated alkanes) is 1. The van der Waals surface area contributed by atoms with Gasteiger partial charge in [-0.25, -0.2) is 19.3 Å². The predicted molar refractivity (Wildman–Crippen MR) is 149 cm³/mol. The van der Waals surface area contributed by atoms with Crippen LogP contribution in [0.1, 0.15) is 35.8 Å². The van der Waals surface area contributed by atoms with Crippen LogP contribution in [-0.4, -0.2) is 63.1 Å². The van der Waals surface area contributed by atoms with Crippen molar-refractivity contribution in [2.24, 2.45) is 0 Å². The zero-order chi connectivity index (χ0) is 29.6. The first-order valence-electron chi connectivity index (χ1n) is 12.9. The standard InChI is InChI=1S/C27H30F3N9O2/c1-3-38(2)14-5-4-13-32-25(40)19-15-39-23(24(31)33-16-34-39)22(19)17-9-11-18(12-10-17)35-26(41)37-21-8-6-7-20(36-21)27(28,29)30/h6-12,15-16H,3-5,13-14H2,1-2H3,(H,32,40)(H2,31,33,34)(H2,35,36,37,41). The Hall–Kier alpha value is -4.72. The van der Waals surface area contributed by atoms with Gasteiger partial charge in [-0.3, -0.25) is 10.1 Å². The molecule has 5 N–H and O–H groups in total. The summed E-state index contributed by atoms with van der Waals surface area (Å²) >= 11 is 0. The molecule has 0 aliphatic rings. The van der Waals surface area contributed by atoms with Gasteiger partial charge < -0.3 is 21.3 Å². The zero-order valence-corrected chi connectivity index (χ0v) is 22.5. The molecular formula is C27H30F3N9O2. The highest BCUT2D eigenvalue weighted by atomic mass is 19.4. The number of nitrogens with one attached hydrogen (secondary N) is 3. The molecule has 0 aliphatic carbocycles. The Morgan fingerprint density at radius 3 is 2.54 bits per heavy atom. The van der Waals surface area contributed by atoms with E-state index in [1.807, 2.05) is 7.05 Å². The molecule has 0 fully saturated rings. The molecule has 4 rings (SSSR count). The van der Waals surface area contributed by atoms with E-state index in [0.29, 0.717) is 34.4 Å². The van der Waals surface area contributed by atoms with Crippen molar-refractivity contribution in [1.82, 2.24) is 29.8 Å². The Morgan fingerprint density at radius 1 is 1.07 bits per heavy atom. The van der Waals surface area contributed by atoms with Gasteiger partial charge in [-0.2, -0.15) is 18.3 Å². The predicted octanol–water partition coefficient (Wildman–Crippen LogP) is 4.50. The molecule has 11 nitrogen and oxygen atoms in total. The van der Waals surface area contributed by atoms with E-state index in [1.54, 1.807) is 30.5 Å². The topological polar surface area (TPSA) is 143 Å². The molecule has 0 saturated carbocycles. The molecule has 0 spiro atoms. The third-order valence-electron chi connectivity index (χ3n) is 6.35. The van der Waals surface area contributed by atoms with Crippen LogP contribution in [0.25, 0.3) is 16.6 Å². The van der Waals surface area contributed by atoms with Crippen LogP contribution < -0.4 is 21.7 Å². The maximum Gasteiger partial charge on any atom is 0.433 e. The minimum absolute atomic E-state index is 0.187. The lowest BCUT2D eigenvalue weighted by atomic mass is 10.0. The molecule has 0 bridgehead atoms. The lowest BCUT2D eigenvalue weighted by Crippen LogP contribution is -2.26. The van der Waals surface area contributed by atoms with Gasteiger partial charge in [0.2, 0.25) is 0 Å². The van der Waals surface area contributed by atoms with Crippen molar-refractivity contribution >= 4 is 34.8 Å². The Kier molecular flexibility index (Phi) is 9.02. The molecule has 14 heteroatoms. The first-order chi connectivity index (χ1) is 19.6. The molecular weight excluding hydrogens is 539 g/mol. The van der Waals surface area contributed by atoms with Crippen molar-refractivity contribution in [2.75, 3.05) is 43.0 Å². The number of benzene rings is 1. The van der Waals surface area contributed by atoms with Crippen LogP contribution in [0.4, 0.5) is 35.3 Å². The van der Waals surface area contributed by atoms with E-state index in [2.05, 4.69) is 42.8 Å². The van der Waals surface area contributed by atoms with Gasteiger partial charge in [-0.1, -0.05) is 25.1 Å². The number of nitrogens with zero attached hydrogens (tertiary/aromatic N) is 5. The monoisotopic (exact) mass is 569 g/mol. The summed E-state index contributed by atoms with van der Waals surface area (Å²) in [5.41, 5.74) is 7.34. The number of hydrogen-bond acceptors (Lipinski definition) is 7. The number of nitrogen functional groups attached to an aromatic ring is 1. The van der Waals surface area contributed by atoms with Crippen molar-refractivity contribution in [3.05, 3.63) is 66.2 Å². The Labute approximate surface area is 234 Å². The summed E-state index contributed by atoms with van der Waals surface area (Å²) in [5, 5.41) is 12.0. The van der Waals surface area contributed by atoms with Crippen molar-refractivity contribution in [3.63, 3.8) is 0 Å². The van der Waals surface area contributed by atoms with Gasteiger partial charge >= 0.3 is 12.2 Å². The molecule has 3 heterocycles. The molecule has 3 aromatic heterocycles. The van der Waals surface area contributed by atoms with Gasteiger partial charge in [0.15, 0.2) is 5.82 Å². The van der Waals surface area contributed by atoms with E-state index in [9.17, 15) is 22.8 Å². The highest BCUT2D eigenvalue weighted by Gasteiger charge is 2.32. The van der Waals surface area contributed by atoms with Crippen LogP contribution in [0.15, 0.2) is 55.0 Å². The first-order valence-corrected chi connectivity index (χ1v) is 12.9. The SMILES string of the molecule is CCN(C)CCCCNC(=O)c1cn2ncnc(N)c2c1-c1ccc(NC(=O)Nc2cccc(C(F)(F)F)n2)cc1. The first kappa shape index (κ1) is 29.3. The molecule has 0 radical (unpaired) electrons. The number of carbonyl (C=O) groups excluding carboxylic acids is 2. The molecule has 41 heavy (non-hydrogen) atoms. The number of amides is 3. The number of rotatable bonds is 10. The Morgan fingerprint density at radius 2 is 1.83 bits per heavy atom. The van der Waals surface area contributed by atoms with Crippen molar-refractivity contribution < 1.29 is 22.8 Å². The van der Waals surface area contributed by atoms with Gasteiger partial charge in [0.25, 0.3) is 5.91 Å². The van der Waals surface area contributed by atoms with Gasteiger partial charge in [0.1, 0.15) is 23.4 Å². The second-order valence-corrected chi connectivity index (χ2v) is 9.28. The van der Waals surface area contributed by atoms with Crippen LogP contribution >= 0.6 is 0 Å². The van der Waals surface area contributed by atoms with E-state index in [0.717, 1.165) is 38.1 Å². The van der Waals surface area contributed by atoms with Crippen LogP contribution in [0, 0.1) is 0 Å². The largest absolute Gasteiger partial charge is 0.433 e. The number of halogens is 3. The fraction of sp³-hybridized carbons (Fsp3) is 0.296. The summed E-state index contributed by atoms with van der Waals surface area (Å²) in [4.78, 5) is 35.2. The lowest BCUT2D eigenvalue weighted by molar-refractivity contribution is -0.141. The highest BCUT2D eigenvalue weighted by Crippen LogP contribution is 2.33. The quantitative estimate of drug-likeness (QED) is 0.206. The molecule has 216 valence electrons. The van der Waals surface area contributed by atoms with E-state index >= 15 is 0 Å². The summed E-state index contributed by atoms with van der Waals surface area (Å²) in [6, 6.07) is 8.96. The maximum absolute atomic E-state index is 13.2. The van der Waals surface area contributed by atoms with Crippen molar-refractivity contribution in [1.29, 1.82) is 0 Å². The van der Waals surface area contributed by atoms with Crippen molar-refractivity contribution in [2.45, 2.75) is 25.9 Å². The maximum atomic E-state index is 13.2. The van der Waals surface area contributed by atoms with Gasteiger partial charge in [0.05, 0.1) is 5.56 Å². The molecule has 3 amide bonds. The normalized spacial score (nSPS) is 11.6. The number of anilines is 3. The average Bonchev–Trinajstić information content (AvgIpc) is 3.34. The Balaban J connectivity index is 1.49. The number of urea groups is 1. The van der Waals surface area contributed by atoms with Gasteiger partial charge in [-0.15, -0.1) is 0 Å². The molecule has 0 unspecified atom stereocenters. The second-order valence-electron chi connectivity index (χ2n) is 9.28. The van der Waals surface area contributed by atoms with Crippen LogP contribution in [0.5, 0.6) is 0 Å². The number of hydrogen-bond donors (Lipinski definition) is 4. The molecule has 0 saturated heterocycles. The molecule has 1 aromatic carbocycles. The van der Waals surface area contributed by atoms with Crippen molar-refractivity contribution in [3.8, 4) is 11.1 Å². The summed E-state index contributed by atoms with van der Waals surface area (Å²) in [6.45, 7) is 4.49. The summed E-state index contributed by atoms with van der Waals surface area (Å²) in [7, 11) is 2.05. The van der Waals surface area contributed by atoms with E-state index in [-0.39, 0.29) is 17.5 Å². The number of fused-ring (bicyclic) bond motifs is 1. The minimum Gasteiger partial charge on any atom is -0.382 e. The Bertz CT molecular complexity index is 1520. The summed E-state index contributed by atoms with van der Waals surface area (Å²) < 4.78 is 40.2. The number of alkyl halides is 3. The number of carbonyl (C=O) groups is 2. The number of nitrogens with two attached hydrogens (primary N) is 1. The third-order valence-corrected chi connectivity index (χ3v) is 6.35. The fourth-order valence-corrected chi connectivity index (χ4v) is 4.12. The highest BCUT2D eigenvalue weighted by molar-refractivity contribution is 6.07. The van der Waals surface area contributed by atoms with Crippen LogP contribution in [0.2, 0.25) is 0 Å². The summed E-state index contributed by atoms with van der Waals surface area (Å²) in [6.07, 6.45) is 0.00920. The molecule has 0 aliphatic heterocycles. The average molecular weight is 570 g/mol. The zero-order valence-electron chi connectivity index (χ0n) is 22.5. The van der Waals surface area contributed by atoms with Gasteiger partial charge in [-0.05, 0) is 62.8 Å². The number of aromatic nitrogens is 4. The van der Waals surface area contributed by atoms with Gasteiger partial charge in [0, 0.05) is 24.0 Å². The number of pyridine rings is 1. The van der Waals surface area contributed by atoms with E-state index in [1.165, 1.54) is 16.9 Å². The molecule has 4 aromatic rings. The second kappa shape index (κ2) is 12.6. The van der Waals surface area contributed by atoms with E-state index in [4.69, 9.17) is 5.73 Å². The minimum atomic E-state index is -4.64. The lowest BCUT2D eigenvalue weighted by Gasteiger charge is -2.13. The van der Waals surface area contributed by atoms with Crippen LogP contribution in [-0.2, 0) is 6.18 Å².